The number of aryl methyl sites for hydroxylation is 1. The van der Waals surface area contributed by atoms with Crippen LogP contribution in [0.25, 0.3) is 11.0 Å². The van der Waals surface area contributed by atoms with Crippen molar-refractivity contribution in [3.63, 3.8) is 0 Å². The number of aromatic nitrogens is 4. The fourth-order valence-corrected chi connectivity index (χ4v) is 2.68. The number of nitrogens with one attached hydrogen (secondary N) is 1. The summed E-state index contributed by atoms with van der Waals surface area (Å²) in [5.41, 5.74) is 7.58. The Hall–Kier alpha value is -3.36. The van der Waals surface area contributed by atoms with Crippen LogP contribution in [0.4, 0.5) is 5.95 Å². The second-order valence-corrected chi connectivity index (χ2v) is 5.41. The molecule has 0 atom stereocenters. The molecule has 0 saturated carbocycles. The largest absolute Gasteiger partial charge is 0.496 e. The number of nitrogen functional groups attached to an aromatic ring is 1. The number of benzene rings is 1. The SMILES string of the molecule is COC(=O)c1ccc(OC)c(Cn2nc(C)c3nc(N)[nH]c(=O)c32)c1. The number of aromatic amines is 1. The van der Waals surface area contributed by atoms with Gasteiger partial charge >= 0.3 is 5.97 Å². The van der Waals surface area contributed by atoms with Gasteiger partial charge in [-0.05, 0) is 25.1 Å². The Bertz CT molecular complexity index is 1020. The molecular weight excluding hydrogens is 326 g/mol. The third-order valence-corrected chi connectivity index (χ3v) is 3.81. The van der Waals surface area contributed by atoms with Gasteiger partial charge in [-0.25, -0.2) is 9.78 Å². The molecule has 0 fully saturated rings. The highest BCUT2D eigenvalue weighted by molar-refractivity contribution is 5.89. The Morgan fingerprint density at radius 3 is 2.80 bits per heavy atom. The molecule has 2 heterocycles. The summed E-state index contributed by atoms with van der Waals surface area (Å²) < 4.78 is 11.6. The van der Waals surface area contributed by atoms with Crippen LogP contribution in [0, 0.1) is 6.92 Å². The summed E-state index contributed by atoms with van der Waals surface area (Å²) in [4.78, 5) is 30.6. The van der Waals surface area contributed by atoms with Crippen molar-refractivity contribution in [2.45, 2.75) is 13.5 Å². The summed E-state index contributed by atoms with van der Waals surface area (Å²) in [7, 11) is 2.84. The molecule has 0 saturated heterocycles. The van der Waals surface area contributed by atoms with Gasteiger partial charge in [-0.2, -0.15) is 5.10 Å². The summed E-state index contributed by atoms with van der Waals surface area (Å²) in [5.74, 6) is 0.136. The molecule has 2 aromatic heterocycles. The number of fused-ring (bicyclic) bond motifs is 1. The third kappa shape index (κ3) is 2.91. The van der Waals surface area contributed by atoms with Gasteiger partial charge in [0.1, 0.15) is 11.3 Å². The van der Waals surface area contributed by atoms with Crippen LogP contribution in [-0.4, -0.2) is 39.9 Å². The van der Waals surface area contributed by atoms with Gasteiger partial charge in [0.25, 0.3) is 5.56 Å². The highest BCUT2D eigenvalue weighted by Crippen LogP contribution is 2.23. The van der Waals surface area contributed by atoms with Crippen LogP contribution in [0.15, 0.2) is 23.0 Å². The number of nitrogens with zero attached hydrogens (tertiary/aromatic N) is 3. The lowest BCUT2D eigenvalue weighted by molar-refractivity contribution is 0.0600. The van der Waals surface area contributed by atoms with Crippen LogP contribution in [0.5, 0.6) is 5.75 Å². The summed E-state index contributed by atoms with van der Waals surface area (Å²) in [5, 5.41) is 4.36. The zero-order valence-corrected chi connectivity index (χ0v) is 14.0. The predicted molar refractivity (Wildman–Crippen MR) is 90.7 cm³/mol. The van der Waals surface area contributed by atoms with E-state index >= 15 is 0 Å². The maximum atomic E-state index is 12.3. The van der Waals surface area contributed by atoms with Gasteiger partial charge in [0.05, 0.1) is 32.0 Å². The molecule has 0 bridgehead atoms. The minimum atomic E-state index is -0.460. The van der Waals surface area contributed by atoms with Crippen LogP contribution < -0.4 is 16.0 Å². The molecule has 3 N–H and O–H groups in total. The maximum absolute atomic E-state index is 12.3. The maximum Gasteiger partial charge on any atom is 0.337 e. The van der Waals surface area contributed by atoms with E-state index in [1.165, 1.54) is 18.9 Å². The van der Waals surface area contributed by atoms with Gasteiger partial charge in [0.15, 0.2) is 5.52 Å². The first-order chi connectivity index (χ1) is 11.9. The highest BCUT2D eigenvalue weighted by Gasteiger charge is 2.16. The molecule has 9 nitrogen and oxygen atoms in total. The average molecular weight is 343 g/mol. The lowest BCUT2D eigenvalue weighted by Gasteiger charge is -2.11. The van der Waals surface area contributed by atoms with E-state index in [9.17, 15) is 9.59 Å². The fourth-order valence-electron chi connectivity index (χ4n) is 2.68. The molecule has 0 spiro atoms. The molecular formula is C16H17N5O4. The van der Waals surface area contributed by atoms with E-state index < -0.39 is 5.97 Å². The van der Waals surface area contributed by atoms with Gasteiger partial charge in [-0.3, -0.25) is 14.5 Å². The van der Waals surface area contributed by atoms with Crippen molar-refractivity contribution >= 4 is 23.0 Å². The summed E-state index contributed by atoms with van der Waals surface area (Å²) in [6.07, 6.45) is 0. The van der Waals surface area contributed by atoms with Crippen molar-refractivity contribution in [2.24, 2.45) is 0 Å². The Morgan fingerprint density at radius 1 is 1.36 bits per heavy atom. The quantitative estimate of drug-likeness (QED) is 0.673. The number of carbonyl (C=O) groups is 1. The van der Waals surface area contributed by atoms with Crippen molar-refractivity contribution in [1.82, 2.24) is 19.7 Å². The van der Waals surface area contributed by atoms with Crippen molar-refractivity contribution in [1.29, 1.82) is 0 Å². The van der Waals surface area contributed by atoms with E-state index in [0.717, 1.165) is 0 Å². The molecule has 0 aliphatic heterocycles. The van der Waals surface area contributed by atoms with Crippen molar-refractivity contribution in [3.05, 3.63) is 45.4 Å². The molecule has 25 heavy (non-hydrogen) atoms. The van der Waals surface area contributed by atoms with Crippen LogP contribution in [0.3, 0.4) is 0 Å². The van der Waals surface area contributed by atoms with Crippen LogP contribution in [-0.2, 0) is 11.3 Å². The number of anilines is 1. The molecule has 3 rings (SSSR count). The first-order valence-electron chi connectivity index (χ1n) is 7.42. The molecule has 9 heteroatoms. The molecule has 0 amide bonds. The van der Waals surface area contributed by atoms with Crippen LogP contribution in [0.1, 0.15) is 21.6 Å². The van der Waals surface area contributed by atoms with E-state index in [1.54, 1.807) is 25.1 Å². The number of hydrogen-bond acceptors (Lipinski definition) is 7. The van der Waals surface area contributed by atoms with Gasteiger partial charge in [0, 0.05) is 5.56 Å². The summed E-state index contributed by atoms with van der Waals surface area (Å²) in [6, 6.07) is 4.92. The minimum absolute atomic E-state index is 0.0328. The van der Waals surface area contributed by atoms with Gasteiger partial charge in [-0.15, -0.1) is 0 Å². The van der Waals surface area contributed by atoms with Crippen molar-refractivity contribution in [3.8, 4) is 5.75 Å². The lowest BCUT2D eigenvalue weighted by atomic mass is 10.1. The number of H-pyrrole nitrogens is 1. The normalized spacial score (nSPS) is 10.8. The zero-order valence-electron chi connectivity index (χ0n) is 14.0. The van der Waals surface area contributed by atoms with E-state index in [1.807, 2.05) is 0 Å². The predicted octanol–water partition coefficient (Wildman–Crippen LogP) is 0.854. The Labute approximate surface area is 142 Å². The molecule has 3 aromatic rings. The number of rotatable bonds is 4. The second-order valence-electron chi connectivity index (χ2n) is 5.41. The molecule has 0 radical (unpaired) electrons. The summed E-state index contributed by atoms with van der Waals surface area (Å²) >= 11 is 0. The van der Waals surface area contributed by atoms with Gasteiger partial charge in [0.2, 0.25) is 5.95 Å². The Morgan fingerprint density at radius 2 is 2.12 bits per heavy atom. The van der Waals surface area contributed by atoms with Crippen molar-refractivity contribution in [2.75, 3.05) is 20.0 Å². The minimum Gasteiger partial charge on any atom is -0.496 e. The number of esters is 1. The zero-order chi connectivity index (χ0) is 18.1. The smallest absolute Gasteiger partial charge is 0.337 e. The number of ether oxygens (including phenoxy) is 2. The highest BCUT2D eigenvalue weighted by atomic mass is 16.5. The van der Waals surface area contributed by atoms with E-state index in [2.05, 4.69) is 15.1 Å². The number of nitrogens with two attached hydrogens (primary N) is 1. The topological polar surface area (TPSA) is 125 Å². The second kappa shape index (κ2) is 6.27. The average Bonchev–Trinajstić information content (AvgIpc) is 2.90. The van der Waals surface area contributed by atoms with Gasteiger partial charge in [-0.1, -0.05) is 0 Å². The van der Waals surface area contributed by atoms with E-state index in [-0.39, 0.29) is 18.1 Å². The first-order valence-corrected chi connectivity index (χ1v) is 7.42. The number of hydrogen-bond donors (Lipinski definition) is 2. The molecule has 130 valence electrons. The Balaban J connectivity index is 2.13. The molecule has 0 aliphatic rings. The van der Waals surface area contributed by atoms with E-state index in [4.69, 9.17) is 15.2 Å². The number of carbonyl (C=O) groups excluding carboxylic acids is 1. The van der Waals surface area contributed by atoms with Gasteiger partial charge < -0.3 is 15.2 Å². The first kappa shape index (κ1) is 16.5. The summed E-state index contributed by atoms with van der Waals surface area (Å²) in [6.45, 7) is 1.96. The number of methoxy groups -OCH3 is 2. The molecule has 0 aliphatic carbocycles. The monoisotopic (exact) mass is 343 g/mol. The van der Waals surface area contributed by atoms with Crippen LogP contribution >= 0.6 is 0 Å². The fraction of sp³-hybridized carbons (Fsp3) is 0.250. The third-order valence-electron chi connectivity index (χ3n) is 3.81. The molecule has 0 unspecified atom stereocenters. The van der Waals surface area contributed by atoms with Crippen LogP contribution in [0.2, 0.25) is 0 Å². The Kier molecular flexibility index (Phi) is 4.14. The lowest BCUT2D eigenvalue weighted by Crippen LogP contribution is -2.16. The van der Waals surface area contributed by atoms with E-state index in [0.29, 0.717) is 33.6 Å². The van der Waals surface area contributed by atoms with Crippen molar-refractivity contribution < 1.29 is 14.3 Å². The standard InChI is InChI=1S/C16H17N5O4/c1-8-12-13(14(22)19-16(17)18-12)21(20-8)7-10-6-9(15(23)25-3)4-5-11(10)24-2/h4-6H,7H2,1-3H3,(H3,17,18,19,22). The molecule has 1 aromatic carbocycles.